The van der Waals surface area contributed by atoms with E-state index in [1.54, 1.807) is 0 Å². The Bertz CT molecular complexity index is 515. The lowest BCUT2D eigenvalue weighted by molar-refractivity contribution is 0.418. The fourth-order valence-corrected chi connectivity index (χ4v) is 2.27. The third-order valence-electron chi connectivity index (χ3n) is 2.96. The smallest absolute Gasteiger partial charge is 0.257 e. The summed E-state index contributed by atoms with van der Waals surface area (Å²) in [5, 5.41) is 7.17. The minimum absolute atomic E-state index is 0. The number of halogens is 1. The van der Waals surface area contributed by atoms with Gasteiger partial charge in [-0.05, 0) is 37.9 Å². The van der Waals surface area contributed by atoms with Crippen molar-refractivity contribution in [3.05, 3.63) is 35.7 Å². The van der Waals surface area contributed by atoms with E-state index in [4.69, 9.17) is 4.52 Å². The molecule has 0 aliphatic carbocycles. The van der Waals surface area contributed by atoms with Gasteiger partial charge in [0.2, 0.25) is 0 Å². The van der Waals surface area contributed by atoms with Crippen molar-refractivity contribution < 1.29 is 4.52 Å². The Kier molecular flexibility index (Phi) is 7.05. The standard InChI is InChI=1S/C14H19N3OS.ClH/c1-10(15-2)8-13-16-14(18-17-13)12-6-4-11(5-7-12)9-19-3;/h4-7,10,15H,8-9H2,1-3H3;1H. The van der Waals surface area contributed by atoms with Crippen LogP contribution in [-0.2, 0) is 12.2 Å². The molecule has 0 radical (unpaired) electrons. The van der Waals surface area contributed by atoms with Gasteiger partial charge in [-0.25, -0.2) is 0 Å². The van der Waals surface area contributed by atoms with Crippen molar-refractivity contribution >= 4 is 24.2 Å². The number of nitrogens with zero attached hydrogens (tertiary/aromatic N) is 2. The predicted molar refractivity (Wildman–Crippen MR) is 86.4 cm³/mol. The first-order valence-corrected chi connectivity index (χ1v) is 7.70. The van der Waals surface area contributed by atoms with Crippen molar-refractivity contribution in [2.24, 2.45) is 0 Å². The van der Waals surface area contributed by atoms with E-state index in [2.05, 4.69) is 40.8 Å². The van der Waals surface area contributed by atoms with E-state index in [1.807, 2.05) is 30.9 Å². The lowest BCUT2D eigenvalue weighted by atomic mass is 10.1. The number of hydrogen-bond acceptors (Lipinski definition) is 5. The number of nitrogens with one attached hydrogen (secondary N) is 1. The molecule has 0 saturated carbocycles. The molecule has 0 aliphatic rings. The SMILES string of the molecule is CNC(C)Cc1noc(-c2ccc(CSC)cc2)n1.Cl. The van der Waals surface area contributed by atoms with Crippen LogP contribution in [-0.4, -0.2) is 29.5 Å². The molecule has 1 unspecified atom stereocenters. The van der Waals surface area contributed by atoms with E-state index in [-0.39, 0.29) is 12.4 Å². The molecule has 1 aromatic heterocycles. The predicted octanol–water partition coefficient (Wildman–Crippen LogP) is 3.17. The van der Waals surface area contributed by atoms with Gasteiger partial charge in [-0.1, -0.05) is 17.3 Å². The van der Waals surface area contributed by atoms with Gasteiger partial charge in [0.25, 0.3) is 5.89 Å². The van der Waals surface area contributed by atoms with Gasteiger partial charge in [-0.15, -0.1) is 12.4 Å². The number of rotatable bonds is 6. The molecule has 0 spiro atoms. The average Bonchev–Trinajstić information content (AvgIpc) is 2.88. The largest absolute Gasteiger partial charge is 0.334 e. The van der Waals surface area contributed by atoms with Crippen LogP contribution in [0.1, 0.15) is 18.3 Å². The molecule has 0 fully saturated rings. The van der Waals surface area contributed by atoms with E-state index >= 15 is 0 Å². The first-order chi connectivity index (χ1) is 9.22. The maximum absolute atomic E-state index is 5.30. The van der Waals surface area contributed by atoms with Crippen LogP contribution >= 0.6 is 24.2 Å². The second-order valence-corrected chi connectivity index (χ2v) is 5.41. The molecule has 1 aromatic carbocycles. The highest BCUT2D eigenvalue weighted by molar-refractivity contribution is 7.97. The molecule has 0 aliphatic heterocycles. The summed E-state index contributed by atoms with van der Waals surface area (Å²) >= 11 is 1.81. The zero-order chi connectivity index (χ0) is 13.7. The molecule has 110 valence electrons. The summed E-state index contributed by atoms with van der Waals surface area (Å²) < 4.78 is 5.30. The Morgan fingerprint density at radius 1 is 1.30 bits per heavy atom. The molecular weight excluding hydrogens is 294 g/mol. The van der Waals surface area contributed by atoms with Crippen molar-refractivity contribution in [2.75, 3.05) is 13.3 Å². The minimum atomic E-state index is 0. The van der Waals surface area contributed by atoms with Crippen LogP contribution in [0.25, 0.3) is 11.5 Å². The molecule has 4 nitrogen and oxygen atoms in total. The van der Waals surface area contributed by atoms with Gasteiger partial charge < -0.3 is 9.84 Å². The van der Waals surface area contributed by atoms with E-state index < -0.39 is 0 Å². The van der Waals surface area contributed by atoms with Crippen molar-refractivity contribution in [3.8, 4) is 11.5 Å². The average molecular weight is 314 g/mol. The maximum atomic E-state index is 5.30. The number of benzene rings is 1. The second kappa shape index (κ2) is 8.29. The molecule has 0 amide bonds. The Balaban J connectivity index is 0.00000200. The van der Waals surface area contributed by atoms with Crippen LogP contribution in [0, 0.1) is 0 Å². The number of hydrogen-bond donors (Lipinski definition) is 1. The Morgan fingerprint density at radius 2 is 2.00 bits per heavy atom. The monoisotopic (exact) mass is 313 g/mol. The summed E-state index contributed by atoms with van der Waals surface area (Å²) in [5.41, 5.74) is 2.28. The van der Waals surface area contributed by atoms with Gasteiger partial charge in [0.15, 0.2) is 5.82 Å². The third-order valence-corrected chi connectivity index (χ3v) is 3.58. The fraction of sp³-hybridized carbons (Fsp3) is 0.429. The molecule has 20 heavy (non-hydrogen) atoms. The Labute approximate surface area is 130 Å². The molecule has 0 bridgehead atoms. The Morgan fingerprint density at radius 3 is 2.60 bits per heavy atom. The highest BCUT2D eigenvalue weighted by Crippen LogP contribution is 2.19. The van der Waals surface area contributed by atoms with Gasteiger partial charge in [-0.3, -0.25) is 0 Å². The van der Waals surface area contributed by atoms with Crippen LogP contribution in [0.15, 0.2) is 28.8 Å². The third kappa shape index (κ3) is 4.51. The van der Waals surface area contributed by atoms with Crippen LogP contribution in [0.5, 0.6) is 0 Å². The summed E-state index contributed by atoms with van der Waals surface area (Å²) in [6.07, 6.45) is 2.87. The van der Waals surface area contributed by atoms with Gasteiger partial charge in [0.05, 0.1) is 0 Å². The molecule has 2 aromatic rings. The van der Waals surface area contributed by atoms with E-state index in [9.17, 15) is 0 Å². The molecule has 1 atom stereocenters. The normalized spacial score (nSPS) is 11.9. The van der Waals surface area contributed by atoms with E-state index in [0.717, 1.165) is 23.6 Å². The van der Waals surface area contributed by atoms with Gasteiger partial charge >= 0.3 is 0 Å². The second-order valence-electron chi connectivity index (χ2n) is 4.54. The van der Waals surface area contributed by atoms with Crippen LogP contribution in [0.3, 0.4) is 0 Å². The molecular formula is C14H20ClN3OS. The lowest BCUT2D eigenvalue weighted by Gasteiger charge is -2.04. The van der Waals surface area contributed by atoms with Crippen LogP contribution in [0.2, 0.25) is 0 Å². The topological polar surface area (TPSA) is 51.0 Å². The lowest BCUT2D eigenvalue weighted by Crippen LogP contribution is -2.24. The van der Waals surface area contributed by atoms with E-state index in [1.165, 1.54) is 5.56 Å². The molecule has 1 heterocycles. The minimum Gasteiger partial charge on any atom is -0.334 e. The maximum Gasteiger partial charge on any atom is 0.257 e. The van der Waals surface area contributed by atoms with Crippen LogP contribution < -0.4 is 5.32 Å². The van der Waals surface area contributed by atoms with Crippen LogP contribution in [0.4, 0.5) is 0 Å². The highest BCUT2D eigenvalue weighted by atomic mass is 35.5. The number of aromatic nitrogens is 2. The first-order valence-electron chi connectivity index (χ1n) is 6.31. The molecule has 6 heteroatoms. The van der Waals surface area contributed by atoms with Crippen molar-refractivity contribution in [2.45, 2.75) is 25.1 Å². The molecule has 2 rings (SSSR count). The van der Waals surface area contributed by atoms with Crippen molar-refractivity contribution in [1.29, 1.82) is 0 Å². The van der Waals surface area contributed by atoms with Gasteiger partial charge in [0.1, 0.15) is 0 Å². The summed E-state index contributed by atoms with van der Waals surface area (Å²) in [4.78, 5) is 4.42. The van der Waals surface area contributed by atoms with E-state index in [0.29, 0.717) is 11.9 Å². The quantitative estimate of drug-likeness (QED) is 0.887. The fourth-order valence-electron chi connectivity index (χ4n) is 1.74. The van der Waals surface area contributed by atoms with Crippen molar-refractivity contribution in [1.82, 2.24) is 15.5 Å². The molecule has 0 saturated heterocycles. The molecule has 1 N–H and O–H groups in total. The Hall–Kier alpha value is -1.04. The number of thioether (sulfide) groups is 1. The van der Waals surface area contributed by atoms with Gasteiger partial charge in [0, 0.05) is 23.8 Å². The van der Waals surface area contributed by atoms with Gasteiger partial charge in [-0.2, -0.15) is 16.7 Å². The number of likely N-dealkylation sites (N-methyl/N-ethyl adjacent to an activating group) is 1. The summed E-state index contributed by atoms with van der Waals surface area (Å²) in [5.74, 6) is 2.36. The van der Waals surface area contributed by atoms with Crippen molar-refractivity contribution in [3.63, 3.8) is 0 Å². The highest BCUT2D eigenvalue weighted by Gasteiger charge is 2.10. The first kappa shape index (κ1) is 17.0. The summed E-state index contributed by atoms with van der Waals surface area (Å²) in [6.45, 7) is 2.09. The summed E-state index contributed by atoms with van der Waals surface area (Å²) in [6, 6.07) is 8.61. The zero-order valence-corrected chi connectivity index (χ0v) is 13.6. The zero-order valence-electron chi connectivity index (χ0n) is 11.9. The summed E-state index contributed by atoms with van der Waals surface area (Å²) in [7, 11) is 1.93.